The molecule has 0 bridgehead atoms. The van der Waals surface area contributed by atoms with E-state index in [4.69, 9.17) is 19.1 Å². The summed E-state index contributed by atoms with van der Waals surface area (Å²) in [5.74, 6) is 3.12. The van der Waals surface area contributed by atoms with E-state index in [2.05, 4.69) is 32.5 Å². The summed E-state index contributed by atoms with van der Waals surface area (Å²) in [5.41, 5.74) is 3.73. The Kier molecular flexibility index (Phi) is 4.68. The fraction of sp³-hybridized carbons (Fsp3) is 0.348. The maximum absolute atomic E-state index is 6.16. The van der Waals surface area contributed by atoms with Crippen molar-refractivity contribution >= 4 is 5.90 Å². The zero-order valence-electron chi connectivity index (χ0n) is 17.6. The van der Waals surface area contributed by atoms with Gasteiger partial charge in [0.05, 0.1) is 11.6 Å². The predicted molar refractivity (Wildman–Crippen MR) is 115 cm³/mol. The number of pyridine rings is 1. The van der Waals surface area contributed by atoms with Crippen LogP contribution in [0.2, 0.25) is 0 Å². The van der Waals surface area contributed by atoms with Crippen molar-refractivity contribution in [3.05, 3.63) is 71.0 Å². The molecule has 9 heteroatoms. The van der Waals surface area contributed by atoms with Crippen molar-refractivity contribution in [2.45, 2.75) is 44.3 Å². The van der Waals surface area contributed by atoms with Crippen molar-refractivity contribution in [1.29, 1.82) is 0 Å². The van der Waals surface area contributed by atoms with Crippen LogP contribution in [0, 0.1) is 0 Å². The maximum atomic E-state index is 6.16. The molecular formula is C23H22N6O3. The molecule has 0 aromatic carbocycles. The molecule has 0 saturated heterocycles. The normalized spacial score (nSPS) is 19.2. The zero-order chi connectivity index (χ0) is 21.5. The van der Waals surface area contributed by atoms with Crippen LogP contribution in [-0.4, -0.2) is 38.0 Å². The van der Waals surface area contributed by atoms with Crippen molar-refractivity contribution in [3.8, 4) is 11.5 Å². The van der Waals surface area contributed by atoms with Crippen molar-refractivity contribution in [2.75, 3.05) is 7.11 Å². The fourth-order valence-corrected chi connectivity index (χ4v) is 4.07. The number of fused-ring (bicyclic) bond motifs is 3. The van der Waals surface area contributed by atoms with Crippen LogP contribution in [0.4, 0.5) is 0 Å². The van der Waals surface area contributed by atoms with Crippen molar-refractivity contribution < 1.29 is 14.0 Å². The minimum absolute atomic E-state index is 0.0179. The second-order valence-electron chi connectivity index (χ2n) is 8.19. The first-order valence-corrected chi connectivity index (χ1v) is 10.7. The minimum atomic E-state index is 0.0179. The molecule has 2 aliphatic carbocycles. The zero-order valence-corrected chi connectivity index (χ0v) is 17.6. The lowest BCUT2D eigenvalue weighted by Gasteiger charge is -2.26. The molecule has 0 amide bonds. The molecule has 3 aromatic rings. The third-order valence-corrected chi connectivity index (χ3v) is 5.90. The SMILES string of the molecule is COCc1cc(-c2nnc3n2N=C(OCc2ccc(C4CC4)cn2)C2=CC=CCC23)no1. The highest BCUT2D eigenvalue weighted by Crippen LogP contribution is 2.40. The van der Waals surface area contributed by atoms with Gasteiger partial charge in [-0.25, -0.2) is 0 Å². The first-order valence-electron chi connectivity index (χ1n) is 10.7. The van der Waals surface area contributed by atoms with E-state index in [0.29, 0.717) is 42.3 Å². The number of methoxy groups -OCH3 is 1. The summed E-state index contributed by atoms with van der Waals surface area (Å²) in [6, 6.07) is 5.97. The van der Waals surface area contributed by atoms with Crippen LogP contribution in [0.3, 0.4) is 0 Å². The standard InChI is InChI=1S/C23H22N6O3/c1-30-13-17-10-20(28-32-17)22-26-25-21-18-4-2-3-5-19(18)23(27-29(21)22)31-12-16-9-8-15(11-24-16)14-6-7-14/h2-3,5,8-11,14,18H,4,6-7,12-13H2,1H3. The van der Waals surface area contributed by atoms with Gasteiger partial charge >= 0.3 is 0 Å². The number of aromatic nitrogens is 5. The molecule has 1 atom stereocenters. The summed E-state index contributed by atoms with van der Waals surface area (Å²) in [6.07, 6.45) is 11.5. The van der Waals surface area contributed by atoms with Gasteiger partial charge in [0.1, 0.15) is 13.2 Å². The maximum Gasteiger partial charge on any atom is 0.236 e. The van der Waals surface area contributed by atoms with E-state index in [1.165, 1.54) is 18.4 Å². The highest BCUT2D eigenvalue weighted by atomic mass is 16.5. The lowest BCUT2D eigenvalue weighted by molar-refractivity contribution is 0.156. The average Bonchev–Trinajstić information content (AvgIpc) is 3.43. The lowest BCUT2D eigenvalue weighted by Crippen LogP contribution is -2.25. The van der Waals surface area contributed by atoms with E-state index in [9.17, 15) is 0 Å². The third kappa shape index (κ3) is 3.44. The molecule has 4 heterocycles. The van der Waals surface area contributed by atoms with E-state index in [-0.39, 0.29) is 5.92 Å². The predicted octanol–water partition coefficient (Wildman–Crippen LogP) is 3.71. The molecule has 0 radical (unpaired) electrons. The van der Waals surface area contributed by atoms with E-state index in [1.807, 2.05) is 24.4 Å². The molecule has 3 aliphatic rings. The molecule has 1 aliphatic heterocycles. The molecule has 0 N–H and O–H groups in total. The number of ether oxygens (including phenoxy) is 2. The highest BCUT2D eigenvalue weighted by molar-refractivity contribution is 5.96. The molecule has 162 valence electrons. The Morgan fingerprint density at radius 3 is 2.94 bits per heavy atom. The van der Waals surface area contributed by atoms with Gasteiger partial charge in [0.2, 0.25) is 11.7 Å². The lowest BCUT2D eigenvalue weighted by atomic mass is 9.90. The van der Waals surface area contributed by atoms with Gasteiger partial charge in [-0.1, -0.05) is 29.5 Å². The first kappa shape index (κ1) is 19.1. The largest absolute Gasteiger partial charge is 0.470 e. The van der Waals surface area contributed by atoms with Gasteiger partial charge in [0, 0.05) is 24.9 Å². The molecule has 1 unspecified atom stereocenters. The van der Waals surface area contributed by atoms with Gasteiger partial charge in [-0.15, -0.1) is 15.3 Å². The van der Waals surface area contributed by atoms with Gasteiger partial charge in [-0.3, -0.25) is 4.98 Å². The number of allylic oxidation sites excluding steroid dienone is 3. The quantitative estimate of drug-likeness (QED) is 0.587. The van der Waals surface area contributed by atoms with E-state index in [0.717, 1.165) is 23.5 Å². The summed E-state index contributed by atoms with van der Waals surface area (Å²) in [6.45, 7) is 0.671. The Bertz CT molecular complexity index is 1230. The van der Waals surface area contributed by atoms with E-state index in [1.54, 1.807) is 17.9 Å². The molecule has 9 nitrogen and oxygen atoms in total. The second-order valence-corrected chi connectivity index (χ2v) is 8.19. The van der Waals surface area contributed by atoms with Gasteiger partial charge in [-0.2, -0.15) is 4.68 Å². The highest BCUT2D eigenvalue weighted by Gasteiger charge is 2.34. The molecule has 6 rings (SSSR count). The Labute approximate surface area is 184 Å². The van der Waals surface area contributed by atoms with Gasteiger partial charge in [0.15, 0.2) is 17.3 Å². The van der Waals surface area contributed by atoms with Crippen LogP contribution in [0.5, 0.6) is 0 Å². The van der Waals surface area contributed by atoms with Crippen molar-refractivity contribution in [1.82, 2.24) is 25.0 Å². The Morgan fingerprint density at radius 2 is 2.12 bits per heavy atom. The summed E-state index contributed by atoms with van der Waals surface area (Å²) in [4.78, 5) is 4.57. The smallest absolute Gasteiger partial charge is 0.236 e. The van der Waals surface area contributed by atoms with Crippen LogP contribution < -0.4 is 0 Å². The molecule has 3 aromatic heterocycles. The Balaban J connectivity index is 1.30. The fourth-order valence-electron chi connectivity index (χ4n) is 4.07. The summed E-state index contributed by atoms with van der Waals surface area (Å²) in [7, 11) is 1.61. The topological polar surface area (TPSA) is 100 Å². The average molecular weight is 430 g/mol. The number of hydrogen-bond acceptors (Lipinski definition) is 8. The van der Waals surface area contributed by atoms with Crippen LogP contribution in [0.15, 0.2) is 57.8 Å². The van der Waals surface area contributed by atoms with E-state index < -0.39 is 0 Å². The monoisotopic (exact) mass is 430 g/mol. The summed E-state index contributed by atoms with van der Waals surface area (Å²) >= 11 is 0. The molecular weight excluding hydrogens is 408 g/mol. The van der Waals surface area contributed by atoms with Crippen molar-refractivity contribution in [2.24, 2.45) is 5.10 Å². The van der Waals surface area contributed by atoms with E-state index >= 15 is 0 Å². The number of rotatable bonds is 6. The van der Waals surface area contributed by atoms with Crippen LogP contribution in [0.25, 0.3) is 11.5 Å². The van der Waals surface area contributed by atoms with Crippen LogP contribution in [-0.2, 0) is 22.7 Å². The Hall–Kier alpha value is -3.59. The Morgan fingerprint density at radius 1 is 1.19 bits per heavy atom. The van der Waals surface area contributed by atoms with Crippen molar-refractivity contribution in [3.63, 3.8) is 0 Å². The molecule has 1 fully saturated rings. The first-order chi connectivity index (χ1) is 15.8. The third-order valence-electron chi connectivity index (χ3n) is 5.90. The number of nitrogens with zero attached hydrogens (tertiary/aromatic N) is 6. The van der Waals surface area contributed by atoms with Gasteiger partial charge in [-0.05, 0) is 36.8 Å². The van der Waals surface area contributed by atoms with Gasteiger partial charge in [0.25, 0.3) is 0 Å². The molecule has 32 heavy (non-hydrogen) atoms. The van der Waals surface area contributed by atoms with Gasteiger partial charge < -0.3 is 14.0 Å². The second kappa shape index (κ2) is 7.83. The minimum Gasteiger partial charge on any atom is -0.470 e. The summed E-state index contributed by atoms with van der Waals surface area (Å²) < 4.78 is 18.3. The number of hydrogen-bond donors (Lipinski definition) is 0. The van der Waals surface area contributed by atoms with Crippen LogP contribution in [0.1, 0.15) is 53.9 Å². The molecule has 0 spiro atoms. The van der Waals surface area contributed by atoms with Crippen LogP contribution >= 0.6 is 0 Å². The molecule has 1 saturated carbocycles. The summed E-state index contributed by atoms with van der Waals surface area (Å²) in [5, 5.41) is 17.6.